The lowest BCUT2D eigenvalue weighted by atomic mass is 10.0. The van der Waals surface area contributed by atoms with Crippen LogP contribution in [0.2, 0.25) is 0 Å². The van der Waals surface area contributed by atoms with Gasteiger partial charge in [0.1, 0.15) is 34.8 Å². The zero-order valence-corrected chi connectivity index (χ0v) is 26.0. The highest BCUT2D eigenvalue weighted by molar-refractivity contribution is 7.92. The first-order chi connectivity index (χ1) is 21.2. The first-order valence-corrected chi connectivity index (χ1v) is 16.9. The maximum absolute atomic E-state index is 13.2. The Hall–Kier alpha value is -3.82. The molecule has 240 valence electrons. The molecule has 4 aromatic rings. The van der Waals surface area contributed by atoms with E-state index in [9.17, 15) is 22.2 Å². The zero-order valence-electron chi connectivity index (χ0n) is 24.3. The Labute approximate surface area is 257 Å². The fraction of sp³-hybridized carbons (Fsp3) is 0.276. The molecule has 5 rings (SSSR count). The summed E-state index contributed by atoms with van der Waals surface area (Å²) in [6, 6.07) is 15.5. The van der Waals surface area contributed by atoms with Crippen LogP contribution in [0.1, 0.15) is 28.9 Å². The lowest BCUT2D eigenvalue weighted by Gasteiger charge is -2.24. The predicted octanol–water partition coefficient (Wildman–Crippen LogP) is 4.70. The molecule has 0 bridgehead atoms. The Morgan fingerprint density at radius 1 is 1.11 bits per heavy atom. The molecule has 0 aliphatic carbocycles. The topological polar surface area (TPSA) is 174 Å². The summed E-state index contributed by atoms with van der Waals surface area (Å²) in [6.07, 6.45) is -0.491. The number of benzene rings is 3. The number of amides is 1. The Morgan fingerprint density at radius 2 is 1.76 bits per heavy atom. The molecule has 0 saturated heterocycles. The van der Waals surface area contributed by atoms with Gasteiger partial charge in [-0.25, -0.2) is 17.4 Å². The molecule has 1 aliphatic heterocycles. The van der Waals surface area contributed by atoms with Crippen molar-refractivity contribution < 1.29 is 55.1 Å². The number of nitrogens with zero attached hydrogens (tertiary/aromatic N) is 1. The van der Waals surface area contributed by atoms with Gasteiger partial charge >= 0.3 is 7.82 Å². The van der Waals surface area contributed by atoms with Gasteiger partial charge in [-0.1, -0.05) is 0 Å². The van der Waals surface area contributed by atoms with E-state index in [1.165, 1.54) is 37.4 Å². The first kappa shape index (κ1) is 32.6. The Balaban J connectivity index is 1.51. The van der Waals surface area contributed by atoms with Gasteiger partial charge in [0.25, 0.3) is 5.91 Å². The van der Waals surface area contributed by atoms with E-state index >= 15 is 0 Å². The standard InChI is InChI=1S/C29H30FN2O11PS/c1-17-23-12-24-26(13-25(23)32(45(3,37)38)14-22(41-17)15-39-16-40-44(34,35)36)43-28(27(24)29(33)31-2)18-4-8-20(9-5-18)42-21-10-6-19(30)7-11-21/h4-13,17,22H,14-16H2,1-3H3,(H,31,33)(H2,34,35,36)/t17-,22-/m0/s1. The van der Waals surface area contributed by atoms with Crippen molar-refractivity contribution in [3.63, 3.8) is 0 Å². The van der Waals surface area contributed by atoms with Gasteiger partial charge in [-0.15, -0.1) is 0 Å². The number of furan rings is 1. The molecule has 2 heterocycles. The summed E-state index contributed by atoms with van der Waals surface area (Å²) in [7, 11) is -7.14. The third-order valence-corrected chi connectivity index (χ3v) is 8.53. The molecule has 1 aliphatic rings. The van der Waals surface area contributed by atoms with Gasteiger partial charge in [-0.05, 0) is 61.5 Å². The number of hydrogen-bond acceptors (Lipinski definition) is 9. The summed E-state index contributed by atoms with van der Waals surface area (Å²) in [5, 5.41) is 3.05. The van der Waals surface area contributed by atoms with Crippen LogP contribution in [0.3, 0.4) is 0 Å². The maximum atomic E-state index is 13.2. The van der Waals surface area contributed by atoms with Crippen LogP contribution < -0.4 is 14.4 Å². The summed E-state index contributed by atoms with van der Waals surface area (Å²) >= 11 is 0. The summed E-state index contributed by atoms with van der Waals surface area (Å²) < 4.78 is 78.8. The molecule has 0 radical (unpaired) electrons. The molecule has 0 fully saturated rings. The van der Waals surface area contributed by atoms with E-state index in [1.54, 1.807) is 37.3 Å². The average molecular weight is 665 g/mol. The third kappa shape index (κ3) is 7.53. The van der Waals surface area contributed by atoms with Crippen LogP contribution in [-0.4, -0.2) is 63.5 Å². The number of hydrogen-bond donors (Lipinski definition) is 3. The number of ether oxygens (including phenoxy) is 3. The fourth-order valence-corrected chi connectivity index (χ4v) is 6.10. The number of phosphoric ester groups is 1. The number of phosphoric acid groups is 1. The van der Waals surface area contributed by atoms with E-state index in [0.717, 1.165) is 10.6 Å². The second-order valence-electron chi connectivity index (χ2n) is 10.2. The van der Waals surface area contributed by atoms with Crippen molar-refractivity contribution in [2.75, 3.05) is 37.6 Å². The molecular formula is C29H30FN2O11PS. The second kappa shape index (κ2) is 12.9. The Morgan fingerprint density at radius 3 is 2.36 bits per heavy atom. The molecule has 3 aromatic carbocycles. The molecule has 16 heteroatoms. The van der Waals surface area contributed by atoms with Crippen molar-refractivity contribution in [3.8, 4) is 22.8 Å². The normalized spacial score (nSPS) is 17.2. The van der Waals surface area contributed by atoms with Crippen LogP contribution in [0.25, 0.3) is 22.3 Å². The lowest BCUT2D eigenvalue weighted by Crippen LogP contribution is -2.38. The maximum Gasteiger partial charge on any atom is 0.471 e. The molecule has 13 nitrogen and oxygen atoms in total. The number of halogens is 1. The Bertz CT molecular complexity index is 1860. The minimum atomic E-state index is -4.75. The zero-order chi connectivity index (χ0) is 32.5. The van der Waals surface area contributed by atoms with Gasteiger partial charge < -0.3 is 33.7 Å². The monoisotopic (exact) mass is 664 g/mol. The number of carbonyl (C=O) groups is 1. The molecule has 3 N–H and O–H groups in total. The Kier molecular flexibility index (Phi) is 9.33. The predicted molar refractivity (Wildman–Crippen MR) is 161 cm³/mol. The van der Waals surface area contributed by atoms with Gasteiger partial charge in [0.2, 0.25) is 10.0 Å². The minimum absolute atomic E-state index is 0.178. The van der Waals surface area contributed by atoms with Crippen molar-refractivity contribution in [1.82, 2.24) is 5.32 Å². The molecule has 0 spiro atoms. The quantitative estimate of drug-likeness (QED) is 0.122. The van der Waals surface area contributed by atoms with E-state index in [4.69, 9.17) is 28.4 Å². The molecule has 0 saturated carbocycles. The number of sulfonamides is 1. The largest absolute Gasteiger partial charge is 0.471 e. The van der Waals surface area contributed by atoms with Crippen molar-refractivity contribution >= 4 is 40.4 Å². The van der Waals surface area contributed by atoms with Gasteiger partial charge in [0, 0.05) is 29.6 Å². The van der Waals surface area contributed by atoms with Crippen LogP contribution >= 0.6 is 7.82 Å². The van der Waals surface area contributed by atoms with Crippen LogP contribution in [-0.2, 0) is 28.6 Å². The summed E-state index contributed by atoms with van der Waals surface area (Å²) in [5.41, 5.74) is 1.75. The van der Waals surface area contributed by atoms with Crippen molar-refractivity contribution in [3.05, 3.63) is 77.6 Å². The van der Waals surface area contributed by atoms with Crippen molar-refractivity contribution in [2.24, 2.45) is 0 Å². The summed E-state index contributed by atoms with van der Waals surface area (Å²) in [5.74, 6) is 0.330. The van der Waals surface area contributed by atoms with Crippen molar-refractivity contribution in [2.45, 2.75) is 19.1 Å². The van der Waals surface area contributed by atoms with E-state index in [-0.39, 0.29) is 41.6 Å². The molecule has 1 amide bonds. The van der Waals surface area contributed by atoms with Crippen LogP contribution in [0, 0.1) is 5.82 Å². The fourth-order valence-electron chi connectivity index (χ4n) is 4.94. The van der Waals surface area contributed by atoms with E-state index in [2.05, 4.69) is 9.84 Å². The van der Waals surface area contributed by atoms with E-state index in [0.29, 0.717) is 28.0 Å². The molecule has 0 unspecified atom stereocenters. The van der Waals surface area contributed by atoms with Gasteiger partial charge in [-0.3, -0.25) is 13.6 Å². The lowest BCUT2D eigenvalue weighted by molar-refractivity contribution is -0.0771. The van der Waals surface area contributed by atoms with Crippen LogP contribution in [0.4, 0.5) is 10.1 Å². The smallest absolute Gasteiger partial charge is 0.457 e. The third-order valence-electron chi connectivity index (χ3n) is 6.94. The number of carbonyl (C=O) groups excluding carboxylic acids is 1. The van der Waals surface area contributed by atoms with E-state index in [1.807, 2.05) is 0 Å². The summed E-state index contributed by atoms with van der Waals surface area (Å²) in [6.45, 7) is 0.572. The van der Waals surface area contributed by atoms with Gasteiger partial charge in [-0.2, -0.15) is 0 Å². The summed E-state index contributed by atoms with van der Waals surface area (Å²) in [4.78, 5) is 30.9. The minimum Gasteiger partial charge on any atom is -0.457 e. The average Bonchev–Trinajstić information content (AvgIpc) is 3.28. The number of fused-ring (bicyclic) bond motifs is 2. The van der Waals surface area contributed by atoms with Crippen molar-refractivity contribution in [1.29, 1.82) is 0 Å². The van der Waals surface area contributed by atoms with Crippen LogP contribution in [0.5, 0.6) is 11.5 Å². The van der Waals surface area contributed by atoms with Crippen LogP contribution in [0.15, 0.2) is 65.1 Å². The van der Waals surface area contributed by atoms with Gasteiger partial charge in [0.05, 0.1) is 36.8 Å². The molecule has 45 heavy (non-hydrogen) atoms. The number of rotatable bonds is 10. The molecule has 1 aromatic heterocycles. The number of anilines is 1. The number of nitrogens with one attached hydrogen (secondary N) is 1. The first-order valence-electron chi connectivity index (χ1n) is 13.5. The molecule has 2 atom stereocenters. The second-order valence-corrected chi connectivity index (χ2v) is 13.3. The van der Waals surface area contributed by atoms with E-state index < -0.39 is 42.8 Å². The highest BCUT2D eigenvalue weighted by Crippen LogP contribution is 2.42. The SMILES string of the molecule is CNC(=O)c1c(-c2ccc(Oc3ccc(F)cc3)cc2)oc2cc3c(cc12)[C@H](C)O[C@H](COCOP(=O)(O)O)CN3S(C)(=O)=O. The molecular weight excluding hydrogens is 634 g/mol. The van der Waals surface area contributed by atoms with Gasteiger partial charge in [0.15, 0.2) is 6.79 Å². The highest BCUT2D eigenvalue weighted by atomic mass is 32.2. The highest BCUT2D eigenvalue weighted by Gasteiger charge is 2.34.